The van der Waals surface area contributed by atoms with Gasteiger partial charge in [-0.15, -0.1) is 11.3 Å². The average Bonchev–Trinajstić information content (AvgIpc) is 3.15. The molecule has 0 atom stereocenters. The van der Waals surface area contributed by atoms with E-state index in [1.807, 2.05) is 54.8 Å². The zero-order chi connectivity index (χ0) is 19.4. The third-order valence-corrected chi connectivity index (χ3v) is 5.13. The van der Waals surface area contributed by atoms with E-state index < -0.39 is 5.97 Å². The Bertz CT molecular complexity index is 952. The fourth-order valence-electron chi connectivity index (χ4n) is 2.80. The number of aliphatic carboxylic acids is 1. The molecule has 0 aliphatic carbocycles. The molecular formula is C23H22O3S. The SMILES string of the molecule is Cc1ccc(C(C)C)c(Oc2ccc(/C=C(\C(=O)O)c3cccs3)cc2)c1. The lowest BCUT2D eigenvalue weighted by atomic mass is 10.0. The highest BCUT2D eigenvalue weighted by molar-refractivity contribution is 7.11. The molecule has 1 aromatic heterocycles. The summed E-state index contributed by atoms with van der Waals surface area (Å²) < 4.78 is 6.10. The van der Waals surface area contributed by atoms with Gasteiger partial charge >= 0.3 is 5.97 Å². The summed E-state index contributed by atoms with van der Waals surface area (Å²) in [6, 6.07) is 17.4. The topological polar surface area (TPSA) is 46.5 Å². The first-order chi connectivity index (χ1) is 12.9. The Morgan fingerprint density at radius 3 is 2.44 bits per heavy atom. The highest BCUT2D eigenvalue weighted by atomic mass is 32.1. The van der Waals surface area contributed by atoms with Crippen LogP contribution in [0.2, 0.25) is 0 Å². The van der Waals surface area contributed by atoms with E-state index in [4.69, 9.17) is 4.74 Å². The number of hydrogen-bond acceptors (Lipinski definition) is 3. The first-order valence-electron chi connectivity index (χ1n) is 8.81. The van der Waals surface area contributed by atoms with E-state index in [1.54, 1.807) is 6.08 Å². The van der Waals surface area contributed by atoms with Crippen molar-refractivity contribution in [3.8, 4) is 11.5 Å². The van der Waals surface area contributed by atoms with Crippen LogP contribution >= 0.6 is 11.3 Å². The normalized spacial score (nSPS) is 11.6. The van der Waals surface area contributed by atoms with Gasteiger partial charge < -0.3 is 9.84 Å². The summed E-state index contributed by atoms with van der Waals surface area (Å²) in [6.07, 6.45) is 1.68. The van der Waals surface area contributed by atoms with Crippen LogP contribution in [0.1, 0.15) is 41.3 Å². The predicted octanol–water partition coefficient (Wildman–Crippen LogP) is 6.60. The molecular weight excluding hydrogens is 356 g/mol. The summed E-state index contributed by atoms with van der Waals surface area (Å²) in [6.45, 7) is 6.33. The molecule has 0 saturated heterocycles. The first kappa shape index (κ1) is 18.9. The smallest absolute Gasteiger partial charge is 0.337 e. The van der Waals surface area contributed by atoms with Gasteiger partial charge in [-0.25, -0.2) is 4.79 Å². The Kier molecular flexibility index (Phi) is 5.77. The monoisotopic (exact) mass is 378 g/mol. The van der Waals surface area contributed by atoms with Crippen molar-refractivity contribution >= 4 is 29.0 Å². The molecule has 0 aliphatic heterocycles. The Balaban J connectivity index is 1.85. The minimum atomic E-state index is -0.931. The van der Waals surface area contributed by atoms with Crippen molar-refractivity contribution in [3.63, 3.8) is 0 Å². The maximum Gasteiger partial charge on any atom is 0.337 e. The highest BCUT2D eigenvalue weighted by Gasteiger charge is 2.12. The lowest BCUT2D eigenvalue weighted by molar-refractivity contribution is -0.130. The van der Waals surface area contributed by atoms with E-state index >= 15 is 0 Å². The van der Waals surface area contributed by atoms with Crippen molar-refractivity contribution in [1.29, 1.82) is 0 Å². The molecule has 0 radical (unpaired) electrons. The molecule has 3 rings (SSSR count). The molecule has 0 aliphatic rings. The molecule has 1 heterocycles. The highest BCUT2D eigenvalue weighted by Crippen LogP contribution is 2.32. The van der Waals surface area contributed by atoms with Gasteiger partial charge in [-0.2, -0.15) is 0 Å². The van der Waals surface area contributed by atoms with Crippen LogP contribution in [0.3, 0.4) is 0 Å². The van der Waals surface area contributed by atoms with Crippen LogP contribution in [0.5, 0.6) is 11.5 Å². The summed E-state index contributed by atoms with van der Waals surface area (Å²) in [5.41, 5.74) is 3.42. The molecule has 2 aromatic carbocycles. The number of hydrogen-bond donors (Lipinski definition) is 1. The Labute approximate surface area is 163 Å². The van der Waals surface area contributed by atoms with Crippen LogP contribution in [-0.2, 0) is 4.79 Å². The maximum atomic E-state index is 11.6. The molecule has 27 heavy (non-hydrogen) atoms. The number of aryl methyl sites for hydroxylation is 1. The second kappa shape index (κ2) is 8.23. The minimum Gasteiger partial charge on any atom is -0.478 e. The van der Waals surface area contributed by atoms with E-state index in [1.165, 1.54) is 11.3 Å². The number of carboxylic acid groups (broad SMARTS) is 1. The number of ether oxygens (including phenoxy) is 1. The minimum absolute atomic E-state index is 0.291. The van der Waals surface area contributed by atoms with E-state index in [-0.39, 0.29) is 0 Å². The molecule has 138 valence electrons. The van der Waals surface area contributed by atoms with Crippen molar-refractivity contribution in [2.45, 2.75) is 26.7 Å². The fourth-order valence-corrected chi connectivity index (χ4v) is 3.54. The molecule has 4 heteroatoms. The van der Waals surface area contributed by atoms with Gasteiger partial charge in [0.15, 0.2) is 0 Å². The molecule has 0 spiro atoms. The largest absolute Gasteiger partial charge is 0.478 e. The summed E-state index contributed by atoms with van der Waals surface area (Å²) >= 11 is 1.42. The molecule has 0 saturated carbocycles. The second-order valence-electron chi connectivity index (χ2n) is 6.71. The van der Waals surface area contributed by atoms with E-state index in [0.29, 0.717) is 11.5 Å². The Hall–Kier alpha value is -2.85. The lowest BCUT2D eigenvalue weighted by Gasteiger charge is -2.14. The maximum absolute atomic E-state index is 11.6. The Morgan fingerprint density at radius 1 is 1.11 bits per heavy atom. The number of thiophene rings is 1. The molecule has 0 bridgehead atoms. The van der Waals surface area contributed by atoms with Crippen molar-refractivity contribution in [2.75, 3.05) is 0 Å². The van der Waals surface area contributed by atoms with Gasteiger partial charge in [0, 0.05) is 4.88 Å². The van der Waals surface area contributed by atoms with Gasteiger partial charge in [0.1, 0.15) is 11.5 Å². The number of rotatable bonds is 6. The van der Waals surface area contributed by atoms with Crippen molar-refractivity contribution in [2.24, 2.45) is 0 Å². The van der Waals surface area contributed by atoms with E-state index in [2.05, 4.69) is 26.0 Å². The molecule has 3 aromatic rings. The molecule has 1 N–H and O–H groups in total. The molecule has 0 amide bonds. The van der Waals surface area contributed by atoms with Crippen LogP contribution in [0.4, 0.5) is 0 Å². The summed E-state index contributed by atoms with van der Waals surface area (Å²) in [5, 5.41) is 11.4. The van der Waals surface area contributed by atoms with E-state index in [9.17, 15) is 9.90 Å². The van der Waals surface area contributed by atoms with Gasteiger partial charge in [0.25, 0.3) is 0 Å². The van der Waals surface area contributed by atoms with Gasteiger partial charge in [-0.05, 0) is 65.3 Å². The number of carbonyl (C=O) groups is 1. The third-order valence-electron chi connectivity index (χ3n) is 4.23. The summed E-state index contributed by atoms with van der Waals surface area (Å²) in [5.74, 6) is 1.02. The van der Waals surface area contributed by atoms with Crippen LogP contribution in [0.15, 0.2) is 60.0 Å². The molecule has 3 nitrogen and oxygen atoms in total. The lowest BCUT2D eigenvalue weighted by Crippen LogP contribution is -1.97. The summed E-state index contributed by atoms with van der Waals surface area (Å²) in [4.78, 5) is 12.3. The van der Waals surface area contributed by atoms with Crippen molar-refractivity contribution < 1.29 is 14.6 Å². The van der Waals surface area contributed by atoms with Crippen LogP contribution < -0.4 is 4.74 Å². The van der Waals surface area contributed by atoms with E-state index in [0.717, 1.165) is 33.1 Å². The van der Waals surface area contributed by atoms with Gasteiger partial charge in [0.05, 0.1) is 5.57 Å². The van der Waals surface area contributed by atoms with Crippen molar-refractivity contribution in [1.82, 2.24) is 0 Å². The zero-order valence-electron chi connectivity index (χ0n) is 15.6. The number of carboxylic acids is 1. The standard InChI is InChI=1S/C23H22O3S/c1-15(2)19-11-6-16(3)13-21(19)26-18-9-7-17(8-10-18)14-20(23(24)25)22-5-4-12-27-22/h4-15H,1-3H3,(H,24,25)/b20-14-. The Morgan fingerprint density at radius 2 is 1.85 bits per heavy atom. The van der Waals surface area contributed by atoms with Crippen LogP contribution in [0, 0.1) is 6.92 Å². The zero-order valence-corrected chi connectivity index (χ0v) is 16.4. The summed E-state index contributed by atoms with van der Waals surface area (Å²) in [7, 11) is 0. The quantitative estimate of drug-likeness (QED) is 0.492. The molecule has 0 fully saturated rings. The molecule has 0 unspecified atom stereocenters. The van der Waals surface area contributed by atoms with Gasteiger partial charge in [-0.3, -0.25) is 0 Å². The average molecular weight is 378 g/mol. The first-order valence-corrected chi connectivity index (χ1v) is 9.69. The second-order valence-corrected chi connectivity index (χ2v) is 7.66. The van der Waals surface area contributed by atoms with Crippen LogP contribution in [0.25, 0.3) is 11.6 Å². The fraction of sp³-hybridized carbons (Fsp3) is 0.174. The third kappa shape index (κ3) is 4.66. The van der Waals surface area contributed by atoms with Gasteiger partial charge in [-0.1, -0.05) is 44.2 Å². The van der Waals surface area contributed by atoms with Crippen LogP contribution in [-0.4, -0.2) is 11.1 Å². The predicted molar refractivity (Wildman–Crippen MR) is 112 cm³/mol. The number of benzene rings is 2. The van der Waals surface area contributed by atoms with Crippen molar-refractivity contribution in [3.05, 3.63) is 81.5 Å². The van der Waals surface area contributed by atoms with Gasteiger partial charge in [0.2, 0.25) is 0 Å².